The molecule has 140 valence electrons. The van der Waals surface area contributed by atoms with Gasteiger partial charge in [0.15, 0.2) is 0 Å². The molecular weight excluding hydrogens is 350 g/mol. The lowest BCUT2D eigenvalue weighted by atomic mass is 9.86. The van der Waals surface area contributed by atoms with Gasteiger partial charge in [-0.25, -0.2) is 4.57 Å². The molecule has 5 rings (SSSR count). The Morgan fingerprint density at radius 1 is 1.11 bits per heavy atom. The summed E-state index contributed by atoms with van der Waals surface area (Å²) in [5.74, 6) is 3.15. The van der Waals surface area contributed by atoms with Gasteiger partial charge in [0, 0.05) is 10.9 Å². The van der Waals surface area contributed by atoms with Crippen molar-refractivity contribution in [3.05, 3.63) is 78.0 Å². The highest BCUT2D eigenvalue weighted by Gasteiger charge is 2.38. The molecule has 2 aromatic carbocycles. The summed E-state index contributed by atoms with van der Waals surface area (Å²) in [7, 11) is 0. The lowest BCUT2D eigenvalue weighted by molar-refractivity contribution is -0.691. The number of fused-ring (bicyclic) bond motifs is 4. The van der Waals surface area contributed by atoms with Crippen LogP contribution < -0.4 is 15.0 Å². The number of ether oxygens (including phenoxy) is 1. The number of hydrogen-bond donors (Lipinski definition) is 1. The van der Waals surface area contributed by atoms with Crippen LogP contribution in [0.5, 0.6) is 11.6 Å². The molecular formula is C23H22N3O2+. The van der Waals surface area contributed by atoms with Crippen molar-refractivity contribution in [1.82, 2.24) is 4.98 Å². The Morgan fingerprint density at radius 3 is 2.75 bits per heavy atom. The quantitative estimate of drug-likeness (QED) is 0.469. The van der Waals surface area contributed by atoms with E-state index >= 15 is 0 Å². The van der Waals surface area contributed by atoms with Crippen molar-refractivity contribution in [2.45, 2.75) is 26.3 Å². The maximum absolute atomic E-state index is 6.62. The van der Waals surface area contributed by atoms with E-state index in [9.17, 15) is 0 Å². The second-order valence-electron chi connectivity index (χ2n) is 7.65. The first-order valence-corrected chi connectivity index (χ1v) is 9.54. The molecule has 4 aromatic rings. The van der Waals surface area contributed by atoms with Crippen molar-refractivity contribution >= 4 is 16.6 Å². The topological polar surface area (TPSA) is 65.2 Å². The number of nitrogens with zero attached hydrogens (tertiary/aromatic N) is 2. The van der Waals surface area contributed by atoms with Crippen LogP contribution in [0.3, 0.4) is 0 Å². The molecule has 0 unspecified atom stereocenters. The zero-order chi connectivity index (χ0) is 19.3. The van der Waals surface area contributed by atoms with E-state index in [1.807, 2.05) is 28.8 Å². The van der Waals surface area contributed by atoms with Gasteiger partial charge in [-0.3, -0.25) is 0 Å². The Morgan fingerprint density at radius 2 is 1.96 bits per heavy atom. The number of hydrogen-bond acceptors (Lipinski definition) is 4. The first-order chi connectivity index (χ1) is 13.6. The van der Waals surface area contributed by atoms with Crippen LogP contribution in [0.2, 0.25) is 0 Å². The van der Waals surface area contributed by atoms with Crippen LogP contribution in [0, 0.1) is 5.92 Å². The average molecular weight is 372 g/mol. The zero-order valence-corrected chi connectivity index (χ0v) is 15.9. The molecule has 28 heavy (non-hydrogen) atoms. The number of benzene rings is 2. The molecule has 0 fully saturated rings. The molecule has 0 bridgehead atoms. The Labute approximate surface area is 163 Å². The minimum absolute atomic E-state index is 0.162. The molecule has 1 aliphatic rings. The van der Waals surface area contributed by atoms with E-state index in [4.69, 9.17) is 14.9 Å². The molecule has 2 aromatic heterocycles. The van der Waals surface area contributed by atoms with Gasteiger partial charge >= 0.3 is 5.88 Å². The van der Waals surface area contributed by atoms with Crippen molar-refractivity contribution in [1.29, 1.82) is 0 Å². The van der Waals surface area contributed by atoms with Gasteiger partial charge in [-0.1, -0.05) is 55.2 Å². The highest BCUT2D eigenvalue weighted by Crippen LogP contribution is 2.50. The molecule has 0 saturated carbocycles. The third kappa shape index (κ3) is 2.54. The van der Waals surface area contributed by atoms with Crippen LogP contribution in [0.15, 0.2) is 65.5 Å². The molecule has 1 atom stereocenters. The molecule has 0 amide bonds. The monoisotopic (exact) mass is 372 g/mol. The lowest BCUT2D eigenvalue weighted by Gasteiger charge is -2.26. The summed E-state index contributed by atoms with van der Waals surface area (Å²) in [6.07, 6.45) is 3.46. The maximum Gasteiger partial charge on any atom is 0.306 e. The molecule has 2 N–H and O–H groups in total. The van der Waals surface area contributed by atoms with Gasteiger partial charge in [-0.15, -0.1) is 0 Å². The van der Waals surface area contributed by atoms with Gasteiger partial charge < -0.3 is 14.9 Å². The van der Waals surface area contributed by atoms with E-state index in [0.29, 0.717) is 17.6 Å². The molecule has 3 heterocycles. The first kappa shape index (κ1) is 16.8. The fraction of sp³-hybridized carbons (Fsp3) is 0.217. The van der Waals surface area contributed by atoms with Crippen molar-refractivity contribution < 1.29 is 13.7 Å². The van der Waals surface area contributed by atoms with Crippen LogP contribution in [-0.2, 0) is 6.54 Å². The summed E-state index contributed by atoms with van der Waals surface area (Å²) in [4.78, 5) is 4.62. The summed E-state index contributed by atoms with van der Waals surface area (Å²) in [5, 5.41) is 2.18. The molecule has 0 aliphatic carbocycles. The van der Waals surface area contributed by atoms with Crippen molar-refractivity contribution in [3.63, 3.8) is 0 Å². The highest BCUT2D eigenvalue weighted by molar-refractivity contribution is 5.91. The van der Waals surface area contributed by atoms with Crippen LogP contribution in [-0.4, -0.2) is 4.98 Å². The van der Waals surface area contributed by atoms with Crippen LogP contribution in [0.1, 0.15) is 36.7 Å². The molecule has 0 saturated heterocycles. The summed E-state index contributed by atoms with van der Waals surface area (Å²) in [5.41, 5.74) is 8.52. The van der Waals surface area contributed by atoms with Crippen molar-refractivity contribution in [2.75, 3.05) is 5.73 Å². The van der Waals surface area contributed by atoms with Gasteiger partial charge in [-0.2, -0.15) is 0 Å². The Balaban J connectivity index is 1.78. The minimum Gasteiger partial charge on any atom is -0.468 e. The average Bonchev–Trinajstić information content (AvgIpc) is 3.22. The normalized spacial score (nSPS) is 15.3. The predicted molar refractivity (Wildman–Crippen MR) is 107 cm³/mol. The number of furan rings is 1. The van der Waals surface area contributed by atoms with Gasteiger partial charge in [-0.05, 0) is 23.4 Å². The van der Waals surface area contributed by atoms with Crippen molar-refractivity contribution in [2.24, 2.45) is 5.92 Å². The number of nitrogens with two attached hydrogens (primary N) is 1. The van der Waals surface area contributed by atoms with E-state index in [1.54, 1.807) is 12.6 Å². The third-order valence-corrected chi connectivity index (χ3v) is 5.23. The second-order valence-corrected chi connectivity index (χ2v) is 7.65. The summed E-state index contributed by atoms with van der Waals surface area (Å²) >= 11 is 0. The van der Waals surface area contributed by atoms with Gasteiger partial charge in [0.05, 0.1) is 18.7 Å². The van der Waals surface area contributed by atoms with Crippen molar-refractivity contribution in [3.8, 4) is 11.6 Å². The summed E-state index contributed by atoms with van der Waals surface area (Å²) < 4.78 is 14.1. The smallest absolute Gasteiger partial charge is 0.306 e. The predicted octanol–water partition coefficient (Wildman–Crippen LogP) is 4.64. The van der Waals surface area contributed by atoms with E-state index in [1.165, 1.54) is 0 Å². The molecule has 1 aliphatic heterocycles. The van der Waals surface area contributed by atoms with E-state index in [2.05, 4.69) is 43.1 Å². The molecule has 0 spiro atoms. The first-order valence-electron chi connectivity index (χ1n) is 9.54. The van der Waals surface area contributed by atoms with Gasteiger partial charge in [0.2, 0.25) is 12.1 Å². The standard InChI is InChI=1S/C23H21N3O2/c1-14(2)12-26-13-25-23-20(22(26)24)19(18-8-5-11-27-18)17-10-9-15-6-3-4-7-16(15)21(17)28-23/h3-11,13-14,19,24H,12H2,1-2H3/p+1/t19-/m1/s1. The largest absolute Gasteiger partial charge is 0.468 e. The summed E-state index contributed by atoms with van der Waals surface area (Å²) in [6.45, 7) is 5.11. The van der Waals surface area contributed by atoms with E-state index in [0.717, 1.165) is 40.0 Å². The fourth-order valence-corrected chi connectivity index (χ4v) is 4.01. The number of nitrogen functional groups attached to an aromatic ring is 1. The third-order valence-electron chi connectivity index (χ3n) is 5.23. The number of anilines is 1. The fourth-order valence-electron chi connectivity index (χ4n) is 4.01. The SMILES string of the molecule is CC(C)C[n+]1cnc2c(c1N)[C@@H](c1ccco1)c1ccc3ccccc3c1O2. The van der Waals surface area contributed by atoms with Gasteiger partial charge in [0.1, 0.15) is 17.1 Å². The number of aromatic nitrogens is 2. The van der Waals surface area contributed by atoms with Crippen LogP contribution in [0.25, 0.3) is 10.8 Å². The van der Waals surface area contributed by atoms with E-state index in [-0.39, 0.29) is 5.92 Å². The van der Waals surface area contributed by atoms with Crippen LogP contribution >= 0.6 is 0 Å². The minimum atomic E-state index is -0.162. The Kier molecular flexibility index (Phi) is 3.83. The highest BCUT2D eigenvalue weighted by atomic mass is 16.5. The van der Waals surface area contributed by atoms with Gasteiger partial charge in [0.25, 0.3) is 0 Å². The lowest BCUT2D eigenvalue weighted by Crippen LogP contribution is -2.41. The molecule has 5 nitrogen and oxygen atoms in total. The van der Waals surface area contributed by atoms with E-state index < -0.39 is 0 Å². The Bertz CT molecular complexity index is 1170. The van der Waals surface area contributed by atoms with Crippen LogP contribution in [0.4, 0.5) is 5.82 Å². The molecule has 5 heteroatoms. The summed E-state index contributed by atoms with van der Waals surface area (Å²) in [6, 6.07) is 16.3. The second kappa shape index (κ2) is 6.37. The Hall–Kier alpha value is -3.34. The zero-order valence-electron chi connectivity index (χ0n) is 15.9. The molecule has 0 radical (unpaired) electrons. The maximum atomic E-state index is 6.62. The number of rotatable bonds is 3.